The van der Waals surface area contributed by atoms with Crippen molar-refractivity contribution < 1.29 is 22.7 Å². The van der Waals surface area contributed by atoms with Gasteiger partial charge in [-0.15, -0.1) is 0 Å². The first-order valence-electron chi connectivity index (χ1n) is 10.5. The second-order valence-electron chi connectivity index (χ2n) is 7.56. The molecule has 1 amide bonds. The number of benzene rings is 3. The lowest BCUT2D eigenvalue weighted by Gasteiger charge is -2.25. The Labute approximate surface area is 204 Å². The van der Waals surface area contributed by atoms with Crippen LogP contribution >= 0.6 is 11.6 Å². The molecule has 9 heteroatoms. The fraction of sp³-hybridized carbons (Fsp3) is 0.200. The van der Waals surface area contributed by atoms with E-state index in [9.17, 15) is 18.0 Å². The molecule has 34 heavy (non-hydrogen) atoms. The highest BCUT2D eigenvalue weighted by Crippen LogP contribution is 2.27. The van der Waals surface area contributed by atoms with Crippen LogP contribution in [0.25, 0.3) is 0 Å². The average molecular weight is 501 g/mol. The highest BCUT2D eigenvalue weighted by atomic mass is 35.5. The van der Waals surface area contributed by atoms with Crippen molar-refractivity contribution in [1.29, 1.82) is 0 Å². The topological polar surface area (TPSA) is 92.8 Å². The molecule has 3 aromatic rings. The van der Waals surface area contributed by atoms with E-state index in [1.807, 2.05) is 13.8 Å². The van der Waals surface area contributed by atoms with Gasteiger partial charge >= 0.3 is 5.97 Å². The molecule has 3 rings (SSSR count). The van der Waals surface area contributed by atoms with Crippen molar-refractivity contribution in [3.63, 3.8) is 0 Å². The average Bonchev–Trinajstić information content (AvgIpc) is 2.81. The van der Waals surface area contributed by atoms with Crippen LogP contribution in [0.1, 0.15) is 28.4 Å². The maximum absolute atomic E-state index is 13.4. The summed E-state index contributed by atoms with van der Waals surface area (Å²) < 4.78 is 32.9. The summed E-state index contributed by atoms with van der Waals surface area (Å²) in [7, 11) is -4.03. The molecule has 0 unspecified atom stereocenters. The number of sulfonamides is 1. The number of anilines is 2. The van der Waals surface area contributed by atoms with Crippen molar-refractivity contribution in [2.45, 2.75) is 25.7 Å². The molecule has 7 nitrogen and oxygen atoms in total. The van der Waals surface area contributed by atoms with E-state index < -0.39 is 28.4 Å². The van der Waals surface area contributed by atoms with Crippen LogP contribution in [0.2, 0.25) is 5.02 Å². The number of amides is 1. The lowest BCUT2D eigenvalue weighted by atomic mass is 10.1. The molecule has 0 saturated carbocycles. The van der Waals surface area contributed by atoms with Gasteiger partial charge in [-0.2, -0.15) is 0 Å². The fourth-order valence-corrected chi connectivity index (χ4v) is 4.86. The van der Waals surface area contributed by atoms with Crippen LogP contribution in [-0.2, 0) is 19.6 Å². The summed E-state index contributed by atoms with van der Waals surface area (Å²) in [6, 6.07) is 17.4. The molecule has 178 valence electrons. The minimum absolute atomic E-state index is 0.0675. The first-order chi connectivity index (χ1) is 16.1. The van der Waals surface area contributed by atoms with Gasteiger partial charge in [0, 0.05) is 0 Å². The zero-order valence-corrected chi connectivity index (χ0v) is 20.6. The molecule has 0 bridgehead atoms. The summed E-state index contributed by atoms with van der Waals surface area (Å²) in [6.45, 7) is 5.23. The number of nitrogens with zero attached hydrogens (tertiary/aromatic N) is 1. The molecule has 0 spiro atoms. The highest BCUT2D eigenvalue weighted by molar-refractivity contribution is 7.92. The normalized spacial score (nSPS) is 11.1. The highest BCUT2D eigenvalue weighted by Gasteiger charge is 2.27. The molecule has 0 aromatic heterocycles. The van der Waals surface area contributed by atoms with Gasteiger partial charge in [0.25, 0.3) is 10.0 Å². The third kappa shape index (κ3) is 5.76. The quantitative estimate of drug-likeness (QED) is 0.441. The number of carbonyl (C=O) groups excluding carboxylic acids is 2. The van der Waals surface area contributed by atoms with E-state index >= 15 is 0 Å². The third-order valence-corrected chi connectivity index (χ3v) is 7.25. The Hall–Kier alpha value is -3.36. The van der Waals surface area contributed by atoms with E-state index in [1.165, 1.54) is 30.3 Å². The largest absolute Gasteiger partial charge is 0.462 e. The maximum Gasteiger partial charge on any atom is 0.338 e. The van der Waals surface area contributed by atoms with Gasteiger partial charge in [-0.05, 0) is 74.4 Å². The zero-order valence-electron chi connectivity index (χ0n) is 19.0. The minimum Gasteiger partial charge on any atom is -0.462 e. The Bertz CT molecular complexity index is 1310. The maximum atomic E-state index is 13.4. The summed E-state index contributed by atoms with van der Waals surface area (Å²) in [6.07, 6.45) is 0. The lowest BCUT2D eigenvalue weighted by molar-refractivity contribution is -0.114. The molecule has 0 atom stereocenters. The van der Waals surface area contributed by atoms with Crippen LogP contribution < -0.4 is 9.62 Å². The molecule has 0 aliphatic rings. The summed E-state index contributed by atoms with van der Waals surface area (Å²) in [5, 5.41) is 2.76. The molecule has 0 radical (unpaired) electrons. The van der Waals surface area contributed by atoms with Crippen molar-refractivity contribution in [2.75, 3.05) is 22.8 Å². The molecule has 3 aromatic carbocycles. The Morgan fingerprint density at radius 3 is 2.29 bits per heavy atom. The summed E-state index contributed by atoms with van der Waals surface area (Å²) in [5.74, 6) is -1.12. The second kappa shape index (κ2) is 10.7. The number of hydrogen-bond acceptors (Lipinski definition) is 5. The first kappa shape index (κ1) is 25.3. The number of esters is 1. The van der Waals surface area contributed by atoms with Gasteiger partial charge in [0.1, 0.15) is 6.54 Å². The Morgan fingerprint density at radius 2 is 1.68 bits per heavy atom. The smallest absolute Gasteiger partial charge is 0.338 e. The molecule has 0 heterocycles. The number of ether oxygens (including phenoxy) is 1. The SMILES string of the molecule is CCOC(=O)c1ccc(NC(=O)CN(c2ccc(C)c(C)c2)S(=O)(=O)c2ccccc2)c(Cl)c1. The van der Waals surface area contributed by atoms with E-state index in [0.717, 1.165) is 15.4 Å². The van der Waals surface area contributed by atoms with Crippen LogP contribution in [0.3, 0.4) is 0 Å². The Morgan fingerprint density at radius 1 is 0.971 bits per heavy atom. The molecule has 0 aliphatic heterocycles. The van der Waals surface area contributed by atoms with Gasteiger partial charge < -0.3 is 10.1 Å². The molecule has 0 aliphatic carbocycles. The molecule has 0 saturated heterocycles. The summed E-state index contributed by atoms with van der Waals surface area (Å²) in [4.78, 5) is 24.9. The van der Waals surface area contributed by atoms with E-state index in [4.69, 9.17) is 16.3 Å². The molecular weight excluding hydrogens is 476 g/mol. The minimum atomic E-state index is -4.03. The van der Waals surface area contributed by atoms with Crippen molar-refractivity contribution in [2.24, 2.45) is 0 Å². The Balaban J connectivity index is 1.90. The lowest BCUT2D eigenvalue weighted by Crippen LogP contribution is -2.38. The number of rotatable bonds is 8. The molecule has 0 fully saturated rings. The monoisotopic (exact) mass is 500 g/mol. The number of nitrogens with one attached hydrogen (secondary N) is 1. The third-order valence-electron chi connectivity index (χ3n) is 5.15. The zero-order chi connectivity index (χ0) is 24.9. The van der Waals surface area contributed by atoms with Gasteiger partial charge in [0.05, 0.1) is 33.5 Å². The van der Waals surface area contributed by atoms with Gasteiger partial charge in [0.2, 0.25) is 5.91 Å². The van der Waals surface area contributed by atoms with Crippen molar-refractivity contribution >= 4 is 44.9 Å². The number of carbonyl (C=O) groups is 2. The van der Waals surface area contributed by atoms with Gasteiger partial charge in [-0.1, -0.05) is 35.9 Å². The predicted molar refractivity (Wildman–Crippen MR) is 133 cm³/mol. The van der Waals surface area contributed by atoms with E-state index in [-0.39, 0.29) is 27.8 Å². The molecule has 1 N–H and O–H groups in total. The van der Waals surface area contributed by atoms with Crippen LogP contribution in [0.15, 0.2) is 71.6 Å². The standard InChI is InChI=1S/C25H25ClN2O5S/c1-4-33-25(30)19-11-13-23(22(26)15-19)27-24(29)16-28(20-12-10-17(2)18(3)14-20)34(31,32)21-8-6-5-7-9-21/h5-15H,4,16H2,1-3H3,(H,27,29). The van der Waals surface area contributed by atoms with Crippen LogP contribution in [0, 0.1) is 13.8 Å². The number of hydrogen-bond donors (Lipinski definition) is 1. The predicted octanol–water partition coefficient (Wildman–Crippen LogP) is 4.97. The van der Waals surface area contributed by atoms with Gasteiger partial charge in [-0.25, -0.2) is 13.2 Å². The van der Waals surface area contributed by atoms with Crippen molar-refractivity contribution in [1.82, 2.24) is 0 Å². The number of halogens is 1. The summed E-state index contributed by atoms with van der Waals surface area (Å²) >= 11 is 6.24. The van der Waals surface area contributed by atoms with Crippen LogP contribution in [0.4, 0.5) is 11.4 Å². The van der Waals surface area contributed by atoms with Crippen molar-refractivity contribution in [3.05, 3.63) is 88.4 Å². The fourth-order valence-electron chi connectivity index (χ4n) is 3.19. The van der Waals surface area contributed by atoms with Crippen LogP contribution in [0.5, 0.6) is 0 Å². The Kier molecular flexibility index (Phi) is 7.96. The van der Waals surface area contributed by atoms with Crippen LogP contribution in [-0.4, -0.2) is 33.4 Å². The molecular formula is C25H25ClN2O5S. The van der Waals surface area contributed by atoms with E-state index in [1.54, 1.807) is 43.3 Å². The first-order valence-corrected chi connectivity index (χ1v) is 12.4. The van der Waals surface area contributed by atoms with E-state index in [2.05, 4.69) is 5.32 Å². The van der Waals surface area contributed by atoms with Gasteiger partial charge in [0.15, 0.2) is 0 Å². The number of aryl methyl sites for hydroxylation is 2. The van der Waals surface area contributed by atoms with Crippen molar-refractivity contribution in [3.8, 4) is 0 Å². The second-order valence-corrected chi connectivity index (χ2v) is 9.83. The van der Waals surface area contributed by atoms with E-state index in [0.29, 0.717) is 5.69 Å². The van der Waals surface area contributed by atoms with Gasteiger partial charge in [-0.3, -0.25) is 9.10 Å². The summed E-state index contributed by atoms with van der Waals surface area (Å²) in [5.41, 5.74) is 2.75.